The number of nitrogens with zero attached hydrogens (tertiary/aromatic N) is 4. The Kier molecular flexibility index (Phi) is 5.41. The first-order chi connectivity index (χ1) is 14.8. The van der Waals surface area contributed by atoms with E-state index in [0.29, 0.717) is 10.6 Å². The topological polar surface area (TPSA) is 115 Å². The van der Waals surface area contributed by atoms with E-state index < -0.39 is 10.0 Å². The number of hydrogen-bond donors (Lipinski definition) is 1. The second-order valence-electron chi connectivity index (χ2n) is 6.44. The third-order valence-corrected chi connectivity index (χ3v) is 6.77. The molecule has 0 amide bonds. The molecular formula is C21H13Cl2N5O2S. The van der Waals surface area contributed by atoms with Crippen LogP contribution in [0.25, 0.3) is 22.6 Å². The number of nitrogen functional groups attached to an aromatic ring is 1. The van der Waals surface area contributed by atoms with Crippen molar-refractivity contribution >= 4 is 39.0 Å². The summed E-state index contributed by atoms with van der Waals surface area (Å²) in [7, 11) is -4.15. The van der Waals surface area contributed by atoms with Gasteiger partial charge in [-0.1, -0.05) is 41.4 Å². The van der Waals surface area contributed by atoms with Gasteiger partial charge in [0.1, 0.15) is 18.2 Å². The normalized spacial score (nSPS) is 11.3. The molecule has 31 heavy (non-hydrogen) atoms. The zero-order valence-corrected chi connectivity index (χ0v) is 18.0. The Morgan fingerprint density at radius 2 is 1.74 bits per heavy atom. The lowest BCUT2D eigenvalue weighted by atomic mass is 10.1. The van der Waals surface area contributed by atoms with Gasteiger partial charge in [-0.15, -0.1) is 0 Å². The molecule has 2 aromatic carbocycles. The van der Waals surface area contributed by atoms with Gasteiger partial charge in [0.25, 0.3) is 10.0 Å². The molecule has 0 saturated heterocycles. The summed E-state index contributed by atoms with van der Waals surface area (Å²) in [5.74, 6) is 0.152. The molecule has 0 radical (unpaired) electrons. The van der Waals surface area contributed by atoms with Crippen LogP contribution in [0.2, 0.25) is 10.0 Å². The van der Waals surface area contributed by atoms with Crippen LogP contribution in [-0.2, 0) is 10.0 Å². The molecule has 10 heteroatoms. The van der Waals surface area contributed by atoms with Gasteiger partial charge in [-0.2, -0.15) is 5.26 Å². The fourth-order valence-corrected chi connectivity index (χ4v) is 5.20. The first kappa shape index (κ1) is 20.9. The Labute approximate surface area is 188 Å². The van der Waals surface area contributed by atoms with Gasteiger partial charge in [-0.05, 0) is 36.4 Å². The summed E-state index contributed by atoms with van der Waals surface area (Å²) in [6, 6.07) is 17.4. The molecule has 0 fully saturated rings. The van der Waals surface area contributed by atoms with Crippen LogP contribution in [0.3, 0.4) is 0 Å². The van der Waals surface area contributed by atoms with E-state index in [1.165, 1.54) is 36.7 Å². The van der Waals surface area contributed by atoms with Crippen molar-refractivity contribution in [3.8, 4) is 28.7 Å². The van der Waals surface area contributed by atoms with Gasteiger partial charge in [0.15, 0.2) is 0 Å². The van der Waals surface area contributed by atoms with Gasteiger partial charge >= 0.3 is 0 Å². The highest BCUT2D eigenvalue weighted by atomic mass is 35.5. The Hall–Kier alpha value is -3.38. The van der Waals surface area contributed by atoms with Crippen LogP contribution in [0.4, 0.5) is 5.82 Å². The summed E-state index contributed by atoms with van der Waals surface area (Å²) in [6.45, 7) is 0. The maximum atomic E-state index is 13.7. The van der Waals surface area contributed by atoms with Gasteiger partial charge in [0.05, 0.1) is 32.6 Å². The largest absolute Gasteiger partial charge is 0.384 e. The molecule has 4 aromatic rings. The van der Waals surface area contributed by atoms with E-state index in [-0.39, 0.29) is 38.4 Å². The zero-order chi connectivity index (χ0) is 22.2. The molecule has 0 spiro atoms. The third kappa shape index (κ3) is 3.75. The van der Waals surface area contributed by atoms with Crippen LogP contribution >= 0.6 is 23.2 Å². The number of halogens is 2. The summed E-state index contributed by atoms with van der Waals surface area (Å²) < 4.78 is 28.5. The molecule has 2 heterocycles. The summed E-state index contributed by atoms with van der Waals surface area (Å²) in [6.07, 6.45) is 1.22. The van der Waals surface area contributed by atoms with Crippen molar-refractivity contribution in [1.29, 1.82) is 5.26 Å². The maximum Gasteiger partial charge on any atom is 0.268 e. The van der Waals surface area contributed by atoms with Crippen LogP contribution in [0, 0.1) is 11.3 Å². The second-order valence-corrected chi connectivity index (χ2v) is 9.07. The minimum absolute atomic E-state index is 0.0321. The van der Waals surface area contributed by atoms with Crippen LogP contribution in [0.15, 0.2) is 71.9 Å². The summed E-state index contributed by atoms with van der Waals surface area (Å²) in [4.78, 5) is 8.04. The van der Waals surface area contributed by atoms with Crippen molar-refractivity contribution < 1.29 is 8.42 Å². The minimum atomic E-state index is -4.15. The standard InChI is InChI=1S/C21H13Cl2N5O2S/c22-14-6-7-16(17(23)9-14)21-13(11-24)8-19(18-10-20(25)27-12-26-18)28(21)31(29,30)15-4-2-1-3-5-15/h1-10,12H,(H2,25,26,27). The van der Waals surface area contributed by atoms with E-state index in [0.717, 1.165) is 3.97 Å². The van der Waals surface area contributed by atoms with E-state index >= 15 is 0 Å². The maximum absolute atomic E-state index is 13.7. The molecule has 0 atom stereocenters. The SMILES string of the molecule is N#Cc1cc(-c2cc(N)ncn2)n(S(=O)(=O)c2ccccc2)c1-c1ccc(Cl)cc1Cl. The van der Waals surface area contributed by atoms with Crippen molar-refractivity contribution in [2.45, 2.75) is 4.90 Å². The zero-order valence-electron chi connectivity index (χ0n) is 15.7. The Bertz CT molecular complexity index is 1440. The van der Waals surface area contributed by atoms with Crippen molar-refractivity contribution in [2.24, 2.45) is 0 Å². The van der Waals surface area contributed by atoms with Crippen molar-refractivity contribution in [2.75, 3.05) is 5.73 Å². The average molecular weight is 470 g/mol. The van der Waals surface area contributed by atoms with Gasteiger partial charge in [-0.3, -0.25) is 0 Å². The van der Waals surface area contributed by atoms with Gasteiger partial charge in [0, 0.05) is 16.7 Å². The van der Waals surface area contributed by atoms with Crippen LogP contribution in [0.1, 0.15) is 5.56 Å². The first-order valence-corrected chi connectivity index (χ1v) is 11.0. The van der Waals surface area contributed by atoms with E-state index in [9.17, 15) is 13.7 Å². The van der Waals surface area contributed by atoms with E-state index in [1.807, 2.05) is 0 Å². The fraction of sp³-hybridized carbons (Fsp3) is 0. The Morgan fingerprint density at radius 1 is 1.00 bits per heavy atom. The van der Waals surface area contributed by atoms with Gasteiger partial charge in [0.2, 0.25) is 0 Å². The lowest BCUT2D eigenvalue weighted by Crippen LogP contribution is -2.16. The smallest absolute Gasteiger partial charge is 0.268 e. The Balaban J connectivity index is 2.14. The average Bonchev–Trinajstić information content (AvgIpc) is 3.15. The fourth-order valence-electron chi connectivity index (χ4n) is 3.15. The van der Waals surface area contributed by atoms with E-state index in [2.05, 4.69) is 16.0 Å². The number of hydrogen-bond acceptors (Lipinski definition) is 6. The van der Waals surface area contributed by atoms with Crippen molar-refractivity contribution in [3.63, 3.8) is 0 Å². The highest BCUT2D eigenvalue weighted by Crippen LogP contribution is 2.39. The van der Waals surface area contributed by atoms with E-state index in [1.54, 1.807) is 30.3 Å². The van der Waals surface area contributed by atoms with Crippen LogP contribution in [-0.4, -0.2) is 22.4 Å². The number of anilines is 1. The molecule has 0 aliphatic carbocycles. The number of nitriles is 1. The molecule has 154 valence electrons. The summed E-state index contributed by atoms with van der Waals surface area (Å²) in [5, 5.41) is 10.4. The monoisotopic (exact) mass is 469 g/mol. The number of benzene rings is 2. The number of nitrogens with two attached hydrogens (primary N) is 1. The lowest BCUT2D eigenvalue weighted by molar-refractivity contribution is 0.588. The van der Waals surface area contributed by atoms with Gasteiger partial charge < -0.3 is 5.73 Å². The molecule has 0 aliphatic rings. The molecular weight excluding hydrogens is 457 g/mol. The molecule has 2 N–H and O–H groups in total. The quantitative estimate of drug-likeness (QED) is 0.466. The predicted molar refractivity (Wildman–Crippen MR) is 119 cm³/mol. The predicted octanol–water partition coefficient (Wildman–Crippen LogP) is 4.61. The highest BCUT2D eigenvalue weighted by molar-refractivity contribution is 7.90. The molecule has 4 rings (SSSR count). The molecule has 0 bridgehead atoms. The first-order valence-electron chi connectivity index (χ1n) is 8.82. The molecule has 0 unspecified atom stereocenters. The second kappa shape index (κ2) is 8.04. The van der Waals surface area contributed by atoms with E-state index in [4.69, 9.17) is 28.9 Å². The van der Waals surface area contributed by atoms with Crippen molar-refractivity contribution in [3.05, 3.63) is 82.6 Å². The Morgan fingerprint density at radius 3 is 2.39 bits per heavy atom. The third-order valence-electron chi connectivity index (χ3n) is 4.50. The lowest BCUT2D eigenvalue weighted by Gasteiger charge is -2.15. The highest BCUT2D eigenvalue weighted by Gasteiger charge is 2.29. The molecule has 7 nitrogen and oxygen atoms in total. The number of rotatable bonds is 4. The van der Waals surface area contributed by atoms with Crippen molar-refractivity contribution in [1.82, 2.24) is 13.9 Å². The van der Waals surface area contributed by atoms with Crippen LogP contribution in [0.5, 0.6) is 0 Å². The van der Waals surface area contributed by atoms with Crippen LogP contribution < -0.4 is 5.73 Å². The van der Waals surface area contributed by atoms with Gasteiger partial charge in [-0.25, -0.2) is 22.4 Å². The molecule has 0 saturated carbocycles. The summed E-state index contributed by atoms with van der Waals surface area (Å²) in [5.41, 5.74) is 6.69. The molecule has 0 aliphatic heterocycles. The molecule has 2 aromatic heterocycles. The summed E-state index contributed by atoms with van der Waals surface area (Å²) >= 11 is 12.4. The number of aromatic nitrogens is 3. The minimum Gasteiger partial charge on any atom is -0.384 e.